The average Bonchev–Trinajstić information content (AvgIpc) is 2.73. The van der Waals surface area contributed by atoms with Gasteiger partial charge >= 0.3 is 12.3 Å². The summed E-state index contributed by atoms with van der Waals surface area (Å²) in [6, 6.07) is 4.70. The number of hydrogen-bond acceptors (Lipinski definition) is 7. The Balaban J connectivity index is 1.57. The maximum atomic E-state index is 12.9. The summed E-state index contributed by atoms with van der Waals surface area (Å²) in [5.41, 5.74) is -0.279. The van der Waals surface area contributed by atoms with E-state index < -0.39 is 29.2 Å². The fourth-order valence-corrected chi connectivity index (χ4v) is 3.95. The van der Waals surface area contributed by atoms with Crippen LogP contribution in [0.3, 0.4) is 0 Å². The van der Waals surface area contributed by atoms with Crippen molar-refractivity contribution in [2.45, 2.75) is 58.4 Å². The molecule has 0 bridgehead atoms. The zero-order chi connectivity index (χ0) is 25.8. The molecule has 3 rings (SSSR count). The predicted octanol–water partition coefficient (Wildman–Crippen LogP) is 4.58. The van der Waals surface area contributed by atoms with Crippen LogP contribution in [0.25, 0.3) is 11.3 Å². The van der Waals surface area contributed by atoms with Crippen molar-refractivity contribution in [3.63, 3.8) is 0 Å². The molecule has 35 heavy (non-hydrogen) atoms. The van der Waals surface area contributed by atoms with E-state index in [4.69, 9.17) is 4.74 Å². The minimum atomic E-state index is -4.54. The number of aromatic nitrogens is 2. The van der Waals surface area contributed by atoms with Gasteiger partial charge in [0.15, 0.2) is 0 Å². The lowest BCUT2D eigenvalue weighted by molar-refractivity contribution is -0.137. The molecule has 0 aliphatic carbocycles. The summed E-state index contributed by atoms with van der Waals surface area (Å²) in [6.07, 6.45) is -3.05. The first-order valence-corrected chi connectivity index (χ1v) is 11.5. The summed E-state index contributed by atoms with van der Waals surface area (Å²) in [6.45, 7) is 10.1. The van der Waals surface area contributed by atoms with E-state index in [0.29, 0.717) is 36.2 Å². The van der Waals surface area contributed by atoms with Gasteiger partial charge in [0.1, 0.15) is 17.2 Å². The zero-order valence-corrected chi connectivity index (χ0v) is 20.4. The van der Waals surface area contributed by atoms with Gasteiger partial charge in [0.2, 0.25) is 0 Å². The first-order chi connectivity index (χ1) is 16.3. The summed E-state index contributed by atoms with van der Waals surface area (Å²) in [7, 11) is 0. The van der Waals surface area contributed by atoms with E-state index in [-0.39, 0.29) is 11.6 Å². The second-order valence-corrected chi connectivity index (χ2v) is 9.70. The number of likely N-dealkylation sites (tertiary alicyclic amines) is 1. The fourth-order valence-electron chi connectivity index (χ4n) is 3.95. The molecule has 0 radical (unpaired) electrons. The van der Waals surface area contributed by atoms with Crippen LogP contribution in [0.15, 0.2) is 24.3 Å². The van der Waals surface area contributed by atoms with Crippen LogP contribution < -0.4 is 10.6 Å². The van der Waals surface area contributed by atoms with Gasteiger partial charge in [0.05, 0.1) is 11.3 Å². The summed E-state index contributed by atoms with van der Waals surface area (Å²) < 4.78 is 43.9. The summed E-state index contributed by atoms with van der Waals surface area (Å²) in [4.78, 5) is 14.0. The molecule has 1 aromatic carbocycles. The Labute approximate surface area is 202 Å². The van der Waals surface area contributed by atoms with Crippen molar-refractivity contribution >= 4 is 11.9 Å². The summed E-state index contributed by atoms with van der Waals surface area (Å²) in [5, 5.41) is 24.6. The Morgan fingerprint density at radius 3 is 2.60 bits per heavy atom. The van der Waals surface area contributed by atoms with Crippen molar-refractivity contribution in [2.24, 2.45) is 0 Å². The smallest absolute Gasteiger partial charge is 0.416 e. The Bertz CT molecular complexity index is 1040. The van der Waals surface area contributed by atoms with Crippen LogP contribution in [0, 0.1) is 6.92 Å². The molecule has 0 saturated carbocycles. The van der Waals surface area contributed by atoms with Gasteiger partial charge in [-0.15, -0.1) is 10.2 Å². The molecule has 192 valence electrons. The Morgan fingerprint density at radius 2 is 1.97 bits per heavy atom. The third-order valence-corrected chi connectivity index (χ3v) is 5.52. The molecule has 1 aliphatic rings. The van der Waals surface area contributed by atoms with E-state index in [1.807, 2.05) is 20.8 Å². The number of alkyl halides is 3. The molecular weight excluding hydrogens is 463 g/mol. The molecule has 3 N–H and O–H groups in total. The molecule has 1 fully saturated rings. The van der Waals surface area contributed by atoms with E-state index in [1.54, 1.807) is 13.0 Å². The zero-order valence-electron chi connectivity index (χ0n) is 20.4. The summed E-state index contributed by atoms with van der Waals surface area (Å²) >= 11 is 0. The van der Waals surface area contributed by atoms with Gasteiger partial charge in [-0.05, 0) is 76.9 Å². The van der Waals surface area contributed by atoms with Crippen LogP contribution in [0.1, 0.15) is 44.7 Å². The highest BCUT2D eigenvalue weighted by Crippen LogP contribution is 2.36. The van der Waals surface area contributed by atoms with Gasteiger partial charge in [-0.25, -0.2) is 4.79 Å². The lowest BCUT2D eigenvalue weighted by atomic mass is 10.0. The van der Waals surface area contributed by atoms with E-state index in [2.05, 4.69) is 25.7 Å². The minimum absolute atomic E-state index is 0.129. The van der Waals surface area contributed by atoms with E-state index in [0.717, 1.165) is 32.0 Å². The number of ether oxygens (including phenoxy) is 1. The number of nitrogens with zero attached hydrogens (tertiary/aromatic N) is 3. The van der Waals surface area contributed by atoms with Crippen molar-refractivity contribution in [1.82, 2.24) is 20.4 Å². The van der Waals surface area contributed by atoms with Crippen LogP contribution in [0.4, 0.5) is 23.8 Å². The van der Waals surface area contributed by atoms with Crippen molar-refractivity contribution in [1.29, 1.82) is 0 Å². The van der Waals surface area contributed by atoms with Gasteiger partial charge in [0.25, 0.3) is 0 Å². The second kappa shape index (κ2) is 10.7. The molecule has 0 unspecified atom stereocenters. The number of benzene rings is 1. The third kappa shape index (κ3) is 7.71. The fraction of sp³-hybridized carbons (Fsp3) is 0.542. The number of rotatable bonds is 6. The van der Waals surface area contributed by atoms with Crippen LogP contribution in [0.5, 0.6) is 5.75 Å². The van der Waals surface area contributed by atoms with E-state index in [1.165, 1.54) is 6.07 Å². The first-order valence-electron chi connectivity index (χ1n) is 11.5. The number of phenols is 1. The number of nitrogens with one attached hydrogen (secondary N) is 2. The number of phenolic OH excluding ortho intramolecular Hbond substituents is 1. The van der Waals surface area contributed by atoms with Gasteiger partial charge in [-0.3, -0.25) is 4.90 Å². The van der Waals surface area contributed by atoms with Crippen LogP contribution in [-0.2, 0) is 10.9 Å². The van der Waals surface area contributed by atoms with Gasteiger partial charge in [0, 0.05) is 31.2 Å². The molecule has 11 heteroatoms. The largest absolute Gasteiger partial charge is 0.507 e. The third-order valence-electron chi connectivity index (χ3n) is 5.52. The summed E-state index contributed by atoms with van der Waals surface area (Å²) in [5.74, 6) is 0.0530. The maximum Gasteiger partial charge on any atom is 0.416 e. The van der Waals surface area contributed by atoms with E-state index in [9.17, 15) is 23.1 Å². The topological polar surface area (TPSA) is 99.6 Å². The molecule has 2 aromatic rings. The number of amides is 1. The number of anilines is 1. The molecule has 8 nitrogen and oxygen atoms in total. The number of hydrogen-bond donors (Lipinski definition) is 3. The molecule has 1 amide bonds. The number of aromatic hydroxyl groups is 1. The van der Waals surface area contributed by atoms with Crippen LogP contribution >= 0.6 is 0 Å². The lowest BCUT2D eigenvalue weighted by Gasteiger charge is -2.33. The molecular formula is C24H32F3N5O3. The van der Waals surface area contributed by atoms with Gasteiger partial charge in [-0.2, -0.15) is 13.2 Å². The highest BCUT2D eigenvalue weighted by Gasteiger charge is 2.31. The Morgan fingerprint density at radius 1 is 1.23 bits per heavy atom. The molecule has 2 heterocycles. The maximum absolute atomic E-state index is 12.9. The molecule has 0 spiro atoms. The quantitative estimate of drug-likeness (QED) is 0.540. The van der Waals surface area contributed by atoms with Crippen molar-refractivity contribution in [3.05, 3.63) is 35.4 Å². The average molecular weight is 496 g/mol. The minimum Gasteiger partial charge on any atom is -0.507 e. The number of aryl methyl sites for hydroxylation is 1. The Hall–Kier alpha value is -3.08. The van der Waals surface area contributed by atoms with Crippen LogP contribution in [0.2, 0.25) is 0 Å². The number of halogens is 3. The number of alkyl carbamates (subject to hydrolysis) is 1. The number of piperidine rings is 1. The van der Waals surface area contributed by atoms with Crippen molar-refractivity contribution < 1.29 is 27.8 Å². The predicted molar refractivity (Wildman–Crippen MR) is 126 cm³/mol. The molecule has 1 aliphatic heterocycles. The number of carbonyl (C=O) groups excluding carboxylic acids is 1. The first kappa shape index (κ1) is 26.5. The second-order valence-electron chi connectivity index (χ2n) is 9.70. The van der Waals surface area contributed by atoms with Crippen molar-refractivity contribution in [2.75, 3.05) is 31.5 Å². The van der Waals surface area contributed by atoms with E-state index >= 15 is 0 Å². The van der Waals surface area contributed by atoms with Gasteiger partial charge < -0.3 is 20.5 Å². The monoisotopic (exact) mass is 495 g/mol. The molecule has 1 aromatic heterocycles. The standard InChI is InChI=1S/C24H32F3N5O3/c1-15-12-20(30-31-21(15)18-8-7-16(13-19(18)33)24(25,26)27)29-17-6-5-10-32(14-17)11-9-28-22(34)35-23(2,3)4/h7-8,12-13,17,33H,5-6,9-11,14H2,1-4H3,(H,28,34)(H,29,30)/t17-/m1/s1. The highest BCUT2D eigenvalue weighted by atomic mass is 19.4. The van der Waals surface area contributed by atoms with Gasteiger partial charge in [-0.1, -0.05) is 0 Å². The number of carbonyl (C=O) groups is 1. The normalized spacial score (nSPS) is 17.2. The molecule has 1 saturated heterocycles. The Kier molecular flexibility index (Phi) is 8.09. The van der Waals surface area contributed by atoms with Crippen LogP contribution in [-0.4, -0.2) is 64.1 Å². The highest BCUT2D eigenvalue weighted by molar-refractivity contribution is 5.70. The SMILES string of the molecule is Cc1cc(N[C@@H]2CCCN(CCNC(=O)OC(C)(C)C)C2)nnc1-c1ccc(C(F)(F)F)cc1O. The lowest BCUT2D eigenvalue weighted by Crippen LogP contribution is -2.45. The van der Waals surface area contributed by atoms with Crippen molar-refractivity contribution in [3.8, 4) is 17.0 Å². The molecule has 1 atom stereocenters.